The van der Waals surface area contributed by atoms with Gasteiger partial charge in [-0.25, -0.2) is 0 Å². The summed E-state index contributed by atoms with van der Waals surface area (Å²) in [5, 5.41) is 0. The Morgan fingerprint density at radius 3 is 2.60 bits per heavy atom. The second-order valence-electron chi connectivity index (χ2n) is 4.71. The molecule has 0 saturated heterocycles. The molecule has 0 radical (unpaired) electrons. The van der Waals surface area contributed by atoms with Gasteiger partial charge < -0.3 is 9.47 Å². The number of rotatable bonds is 5. The summed E-state index contributed by atoms with van der Waals surface area (Å²) in [6.07, 6.45) is 0.446. The van der Waals surface area contributed by atoms with Crippen molar-refractivity contribution >= 4 is 27.9 Å². The normalized spacial score (nSPS) is 24.1. The van der Waals surface area contributed by atoms with Crippen molar-refractivity contribution in [1.29, 1.82) is 0 Å². The monoisotopic (exact) mass is 340 g/mol. The minimum absolute atomic E-state index is 0.296. The van der Waals surface area contributed by atoms with E-state index >= 15 is 0 Å². The number of ether oxygens (including phenoxy) is 2. The van der Waals surface area contributed by atoms with Gasteiger partial charge in [-0.15, -0.1) is 0 Å². The molecule has 1 aliphatic carbocycles. The Kier molecular flexibility index (Phi) is 4.48. The van der Waals surface area contributed by atoms with E-state index in [2.05, 4.69) is 15.9 Å². The Hall–Kier alpha value is -1.36. The molecule has 0 aromatic heterocycles. The quantitative estimate of drug-likeness (QED) is 0.773. The van der Waals surface area contributed by atoms with Crippen LogP contribution in [0.5, 0.6) is 0 Å². The van der Waals surface area contributed by atoms with Gasteiger partial charge in [0.15, 0.2) is 0 Å². The second kappa shape index (κ2) is 5.95. The minimum Gasteiger partial charge on any atom is -0.466 e. The van der Waals surface area contributed by atoms with E-state index in [-0.39, 0.29) is 11.9 Å². The van der Waals surface area contributed by atoms with Gasteiger partial charge >= 0.3 is 11.9 Å². The Balaban J connectivity index is 2.33. The van der Waals surface area contributed by atoms with Gasteiger partial charge in [0.05, 0.1) is 19.1 Å². The van der Waals surface area contributed by atoms with Crippen LogP contribution in [0, 0.1) is 5.92 Å². The van der Waals surface area contributed by atoms with Gasteiger partial charge in [-0.05, 0) is 38.0 Å². The third-order valence-electron chi connectivity index (χ3n) is 3.51. The Labute approximate surface area is 126 Å². The van der Waals surface area contributed by atoms with E-state index in [0.717, 1.165) is 10.0 Å². The molecule has 0 amide bonds. The SMILES string of the molecule is CCOC(=O)[C@@H]1C[C@@]1(C(=O)OCC)c1cccc(Br)c1. The van der Waals surface area contributed by atoms with Crippen LogP contribution in [-0.4, -0.2) is 25.2 Å². The maximum absolute atomic E-state index is 12.3. The first kappa shape index (κ1) is 15.0. The molecule has 4 nitrogen and oxygen atoms in total. The fourth-order valence-corrected chi connectivity index (χ4v) is 2.88. The van der Waals surface area contributed by atoms with Crippen LogP contribution >= 0.6 is 15.9 Å². The van der Waals surface area contributed by atoms with E-state index < -0.39 is 11.3 Å². The van der Waals surface area contributed by atoms with E-state index in [1.165, 1.54) is 0 Å². The van der Waals surface area contributed by atoms with Crippen LogP contribution in [0.2, 0.25) is 0 Å². The number of hydrogen-bond donors (Lipinski definition) is 0. The highest BCUT2D eigenvalue weighted by atomic mass is 79.9. The maximum atomic E-state index is 12.3. The lowest BCUT2D eigenvalue weighted by Gasteiger charge is -2.16. The molecule has 0 aliphatic heterocycles. The molecule has 1 aromatic carbocycles. The van der Waals surface area contributed by atoms with Crippen LogP contribution in [0.15, 0.2) is 28.7 Å². The largest absolute Gasteiger partial charge is 0.466 e. The molecular weight excluding hydrogens is 324 g/mol. The van der Waals surface area contributed by atoms with Gasteiger partial charge in [0.25, 0.3) is 0 Å². The number of halogens is 1. The topological polar surface area (TPSA) is 52.6 Å². The summed E-state index contributed by atoms with van der Waals surface area (Å²) in [5.74, 6) is -1.13. The van der Waals surface area contributed by atoms with Crippen molar-refractivity contribution in [3.05, 3.63) is 34.3 Å². The lowest BCUT2D eigenvalue weighted by atomic mass is 9.93. The van der Waals surface area contributed by atoms with E-state index in [0.29, 0.717) is 19.6 Å². The molecule has 0 N–H and O–H groups in total. The van der Waals surface area contributed by atoms with Crippen molar-refractivity contribution in [1.82, 2.24) is 0 Å². The highest BCUT2D eigenvalue weighted by Gasteiger charge is 2.66. The molecule has 0 bridgehead atoms. The molecule has 5 heteroatoms. The van der Waals surface area contributed by atoms with Gasteiger partial charge in [0.2, 0.25) is 0 Å². The van der Waals surface area contributed by atoms with E-state index in [1.807, 2.05) is 24.3 Å². The fourth-order valence-electron chi connectivity index (χ4n) is 2.48. The summed E-state index contributed by atoms with van der Waals surface area (Å²) in [6, 6.07) is 7.43. The van der Waals surface area contributed by atoms with E-state index in [4.69, 9.17) is 9.47 Å². The lowest BCUT2D eigenvalue weighted by molar-refractivity contribution is -0.152. The van der Waals surface area contributed by atoms with Crippen molar-refractivity contribution < 1.29 is 19.1 Å². The fraction of sp³-hybridized carbons (Fsp3) is 0.467. The third-order valence-corrected chi connectivity index (χ3v) is 4.00. The molecule has 0 spiro atoms. The predicted molar refractivity (Wildman–Crippen MR) is 77.2 cm³/mol. The number of hydrogen-bond acceptors (Lipinski definition) is 4. The Bertz CT molecular complexity index is 528. The summed E-state index contributed by atoms with van der Waals surface area (Å²) >= 11 is 3.39. The Morgan fingerprint density at radius 1 is 1.30 bits per heavy atom. The van der Waals surface area contributed by atoms with Gasteiger partial charge in [-0.3, -0.25) is 9.59 Å². The highest BCUT2D eigenvalue weighted by Crippen LogP contribution is 2.56. The van der Waals surface area contributed by atoms with Crippen LogP contribution in [0.3, 0.4) is 0 Å². The Morgan fingerprint density at radius 2 is 2.00 bits per heavy atom. The number of esters is 2. The average Bonchev–Trinajstić information content (AvgIpc) is 3.16. The molecule has 0 unspecified atom stereocenters. The molecular formula is C15H17BrO4. The van der Waals surface area contributed by atoms with E-state index in [1.54, 1.807) is 13.8 Å². The molecule has 2 atom stereocenters. The molecule has 108 valence electrons. The molecule has 1 fully saturated rings. The summed E-state index contributed by atoms with van der Waals surface area (Å²) in [5.41, 5.74) is -0.0881. The first-order valence-electron chi connectivity index (χ1n) is 6.66. The van der Waals surface area contributed by atoms with Gasteiger partial charge in [0, 0.05) is 4.47 Å². The molecule has 20 heavy (non-hydrogen) atoms. The second-order valence-corrected chi connectivity index (χ2v) is 5.63. The standard InChI is InChI=1S/C15H17BrO4/c1-3-19-13(17)12-9-15(12,14(18)20-4-2)10-6-5-7-11(16)8-10/h5-8,12H,3-4,9H2,1-2H3/t12-,15+/m0/s1. The van der Waals surface area contributed by atoms with Gasteiger partial charge in [-0.1, -0.05) is 28.1 Å². The van der Waals surface area contributed by atoms with Crippen LogP contribution in [0.1, 0.15) is 25.8 Å². The number of carbonyl (C=O) groups excluding carboxylic acids is 2. The van der Waals surface area contributed by atoms with Gasteiger partial charge in [0.1, 0.15) is 5.41 Å². The summed E-state index contributed by atoms with van der Waals surface area (Å²) in [6.45, 7) is 4.12. The molecule has 1 aromatic rings. The highest BCUT2D eigenvalue weighted by molar-refractivity contribution is 9.10. The van der Waals surface area contributed by atoms with Crippen LogP contribution in [0.4, 0.5) is 0 Å². The van der Waals surface area contributed by atoms with Crippen molar-refractivity contribution in [2.45, 2.75) is 25.7 Å². The number of benzene rings is 1. The predicted octanol–water partition coefficient (Wildman–Crippen LogP) is 2.83. The van der Waals surface area contributed by atoms with E-state index in [9.17, 15) is 9.59 Å². The van der Waals surface area contributed by atoms with Crippen molar-refractivity contribution in [2.75, 3.05) is 13.2 Å². The molecule has 1 saturated carbocycles. The molecule has 0 heterocycles. The summed E-state index contributed by atoms with van der Waals surface area (Å²) in [4.78, 5) is 24.3. The zero-order valence-corrected chi connectivity index (χ0v) is 13.1. The van der Waals surface area contributed by atoms with Crippen LogP contribution in [0.25, 0.3) is 0 Å². The minimum atomic E-state index is -0.883. The molecule has 1 aliphatic rings. The third kappa shape index (κ3) is 2.59. The number of carbonyl (C=O) groups is 2. The van der Waals surface area contributed by atoms with Crippen molar-refractivity contribution in [2.24, 2.45) is 5.92 Å². The van der Waals surface area contributed by atoms with Crippen LogP contribution in [-0.2, 0) is 24.5 Å². The lowest BCUT2D eigenvalue weighted by Crippen LogP contribution is -2.28. The average molecular weight is 341 g/mol. The summed E-state index contributed by atoms with van der Waals surface area (Å²) < 4.78 is 11.1. The van der Waals surface area contributed by atoms with Crippen molar-refractivity contribution in [3.63, 3.8) is 0 Å². The van der Waals surface area contributed by atoms with Crippen LogP contribution < -0.4 is 0 Å². The zero-order chi connectivity index (χ0) is 14.8. The van der Waals surface area contributed by atoms with Crippen molar-refractivity contribution in [3.8, 4) is 0 Å². The smallest absolute Gasteiger partial charge is 0.317 e. The van der Waals surface area contributed by atoms with Gasteiger partial charge in [-0.2, -0.15) is 0 Å². The summed E-state index contributed by atoms with van der Waals surface area (Å²) in [7, 11) is 0. The zero-order valence-electron chi connectivity index (χ0n) is 11.5. The maximum Gasteiger partial charge on any atom is 0.317 e. The molecule has 2 rings (SSSR count). The first-order chi connectivity index (χ1) is 9.56. The first-order valence-corrected chi connectivity index (χ1v) is 7.45.